The van der Waals surface area contributed by atoms with E-state index >= 15 is 0 Å². The van der Waals surface area contributed by atoms with Crippen LogP contribution in [-0.2, 0) is 0 Å². The number of hydrogen-bond donors (Lipinski definition) is 2. The van der Waals surface area contributed by atoms with Crippen LogP contribution in [0.15, 0.2) is 12.1 Å². The average Bonchev–Trinajstić information content (AvgIpc) is 2.43. The zero-order valence-electron chi connectivity index (χ0n) is 11.2. The molecule has 0 aromatic heterocycles. The molecule has 0 aliphatic carbocycles. The third kappa shape index (κ3) is 3.57. The lowest BCUT2D eigenvalue weighted by Gasteiger charge is -2.29. The third-order valence-electron chi connectivity index (χ3n) is 3.66. The summed E-state index contributed by atoms with van der Waals surface area (Å²) in [5.41, 5.74) is 0.178. The molecule has 0 spiro atoms. The van der Waals surface area contributed by atoms with E-state index < -0.39 is 10.7 Å². The number of nitro benzene ring substituents is 1. The van der Waals surface area contributed by atoms with Gasteiger partial charge in [0.15, 0.2) is 0 Å². The van der Waals surface area contributed by atoms with Crippen molar-refractivity contribution in [1.29, 1.82) is 0 Å². The summed E-state index contributed by atoms with van der Waals surface area (Å²) >= 11 is 1.76. The van der Waals surface area contributed by atoms with Gasteiger partial charge < -0.3 is 10.6 Å². The molecule has 0 amide bonds. The number of anilines is 1. The van der Waals surface area contributed by atoms with E-state index in [0.29, 0.717) is 5.92 Å². The number of benzene rings is 1. The second-order valence-electron chi connectivity index (χ2n) is 5.08. The fourth-order valence-corrected chi connectivity index (χ4v) is 2.92. The highest BCUT2D eigenvalue weighted by atomic mass is 127. The summed E-state index contributed by atoms with van der Waals surface area (Å²) in [6.07, 6.45) is 2.17. The Morgan fingerprint density at radius 3 is 2.95 bits per heavy atom. The molecule has 1 aliphatic rings. The van der Waals surface area contributed by atoms with E-state index in [2.05, 4.69) is 10.6 Å². The number of nitrogens with zero attached hydrogens (tertiary/aromatic N) is 1. The smallest absolute Gasteiger partial charge is 0.293 e. The molecular formula is C13H17FIN3O2. The van der Waals surface area contributed by atoms with Crippen LogP contribution in [0.25, 0.3) is 0 Å². The molecule has 0 saturated carbocycles. The molecule has 0 radical (unpaired) electrons. The van der Waals surface area contributed by atoms with Crippen molar-refractivity contribution in [3.05, 3.63) is 31.6 Å². The van der Waals surface area contributed by atoms with Gasteiger partial charge in [0.25, 0.3) is 5.69 Å². The summed E-state index contributed by atoms with van der Waals surface area (Å²) in [5, 5.41) is 17.5. The van der Waals surface area contributed by atoms with Gasteiger partial charge in [0, 0.05) is 18.2 Å². The molecule has 2 unspecified atom stereocenters. The van der Waals surface area contributed by atoms with Crippen LogP contribution < -0.4 is 10.6 Å². The standard InChI is InChI=1S/C13H17FIN3O2/c1-8(9-3-2-4-16-7-9)17-12-5-10(14)11(15)6-13(12)18(19)20/h5-6,8-9,16-17H,2-4,7H2,1H3. The van der Waals surface area contributed by atoms with Crippen LogP contribution in [0.3, 0.4) is 0 Å². The second-order valence-corrected chi connectivity index (χ2v) is 6.24. The molecule has 1 aromatic carbocycles. The normalized spacial score (nSPS) is 20.4. The van der Waals surface area contributed by atoms with E-state index in [9.17, 15) is 14.5 Å². The summed E-state index contributed by atoms with van der Waals surface area (Å²) < 4.78 is 13.9. The van der Waals surface area contributed by atoms with Gasteiger partial charge in [0.1, 0.15) is 11.5 Å². The molecule has 1 aromatic rings. The van der Waals surface area contributed by atoms with Gasteiger partial charge >= 0.3 is 0 Å². The highest BCUT2D eigenvalue weighted by Gasteiger charge is 2.24. The molecule has 20 heavy (non-hydrogen) atoms. The van der Waals surface area contributed by atoms with Gasteiger partial charge in [-0.05, 0) is 61.4 Å². The highest BCUT2D eigenvalue weighted by Crippen LogP contribution is 2.30. The summed E-state index contributed by atoms with van der Waals surface area (Å²) in [5.74, 6) is -0.0432. The number of rotatable bonds is 4. The lowest BCUT2D eigenvalue weighted by atomic mass is 9.92. The van der Waals surface area contributed by atoms with Crippen molar-refractivity contribution >= 4 is 34.0 Å². The van der Waals surface area contributed by atoms with Crippen LogP contribution in [0.2, 0.25) is 0 Å². The molecule has 1 aliphatic heterocycles. The molecule has 5 nitrogen and oxygen atoms in total. The van der Waals surface area contributed by atoms with E-state index in [1.54, 1.807) is 22.6 Å². The minimum absolute atomic E-state index is 0.0564. The largest absolute Gasteiger partial charge is 0.377 e. The Bertz CT molecular complexity index is 507. The van der Waals surface area contributed by atoms with Crippen LogP contribution in [-0.4, -0.2) is 24.1 Å². The van der Waals surface area contributed by atoms with Gasteiger partial charge in [0.05, 0.1) is 8.49 Å². The lowest BCUT2D eigenvalue weighted by molar-refractivity contribution is -0.384. The van der Waals surface area contributed by atoms with E-state index in [1.165, 1.54) is 12.1 Å². The molecule has 110 valence electrons. The number of nitrogens with one attached hydrogen (secondary N) is 2. The maximum absolute atomic E-state index is 13.6. The number of nitro groups is 1. The van der Waals surface area contributed by atoms with Crippen LogP contribution in [0.1, 0.15) is 19.8 Å². The summed E-state index contributed by atoms with van der Waals surface area (Å²) in [7, 11) is 0. The molecule has 2 rings (SSSR count). The Balaban J connectivity index is 2.19. The van der Waals surface area contributed by atoms with Crippen molar-refractivity contribution in [1.82, 2.24) is 5.32 Å². The monoisotopic (exact) mass is 393 g/mol. The van der Waals surface area contributed by atoms with Gasteiger partial charge in [-0.1, -0.05) is 0 Å². The van der Waals surface area contributed by atoms with Gasteiger partial charge in [0.2, 0.25) is 0 Å². The minimum atomic E-state index is -0.476. The lowest BCUT2D eigenvalue weighted by Crippen LogP contribution is -2.38. The summed E-state index contributed by atoms with van der Waals surface area (Å²) in [6.45, 7) is 3.88. The van der Waals surface area contributed by atoms with Crippen molar-refractivity contribution in [3.8, 4) is 0 Å². The molecule has 1 saturated heterocycles. The Hall–Kier alpha value is -0.960. The van der Waals surface area contributed by atoms with Crippen LogP contribution in [0.5, 0.6) is 0 Å². The summed E-state index contributed by atoms with van der Waals surface area (Å²) in [4.78, 5) is 10.6. The topological polar surface area (TPSA) is 67.2 Å². The van der Waals surface area contributed by atoms with E-state index in [1.807, 2.05) is 6.92 Å². The molecule has 2 N–H and O–H groups in total. The van der Waals surface area contributed by atoms with Crippen molar-refractivity contribution in [2.45, 2.75) is 25.8 Å². The molecule has 7 heteroatoms. The Kier molecular flexibility index (Phi) is 5.14. The van der Waals surface area contributed by atoms with Crippen molar-refractivity contribution < 1.29 is 9.31 Å². The second kappa shape index (κ2) is 6.66. The van der Waals surface area contributed by atoms with E-state index in [4.69, 9.17) is 0 Å². The SMILES string of the molecule is CC(Nc1cc(F)c(I)cc1[N+](=O)[O-])C1CCCNC1. The van der Waals surface area contributed by atoms with Crippen LogP contribution in [0, 0.1) is 25.4 Å². The first-order valence-electron chi connectivity index (χ1n) is 6.59. The first-order valence-corrected chi connectivity index (χ1v) is 7.67. The third-order valence-corrected chi connectivity index (χ3v) is 4.49. The quantitative estimate of drug-likeness (QED) is 0.469. The van der Waals surface area contributed by atoms with Gasteiger partial charge in [-0.3, -0.25) is 10.1 Å². The Labute approximate surface area is 130 Å². The molecule has 1 heterocycles. The average molecular weight is 393 g/mol. The fraction of sp³-hybridized carbons (Fsp3) is 0.538. The molecular weight excluding hydrogens is 376 g/mol. The fourth-order valence-electron chi connectivity index (χ4n) is 2.47. The molecule has 2 atom stereocenters. The highest BCUT2D eigenvalue weighted by molar-refractivity contribution is 14.1. The number of halogens is 2. The van der Waals surface area contributed by atoms with E-state index in [-0.39, 0.29) is 21.0 Å². The zero-order chi connectivity index (χ0) is 14.7. The van der Waals surface area contributed by atoms with Gasteiger partial charge in [-0.25, -0.2) is 4.39 Å². The van der Waals surface area contributed by atoms with Crippen molar-refractivity contribution in [3.63, 3.8) is 0 Å². The van der Waals surface area contributed by atoms with Crippen LogP contribution >= 0.6 is 22.6 Å². The maximum Gasteiger partial charge on any atom is 0.293 e. The van der Waals surface area contributed by atoms with Gasteiger partial charge in [-0.15, -0.1) is 0 Å². The first kappa shape index (κ1) is 15.4. The van der Waals surface area contributed by atoms with Crippen molar-refractivity contribution in [2.24, 2.45) is 5.92 Å². The molecule has 1 fully saturated rings. The van der Waals surface area contributed by atoms with Gasteiger partial charge in [-0.2, -0.15) is 0 Å². The minimum Gasteiger partial charge on any atom is -0.377 e. The zero-order valence-corrected chi connectivity index (χ0v) is 13.3. The Morgan fingerprint density at radius 1 is 1.60 bits per heavy atom. The number of piperidine rings is 1. The van der Waals surface area contributed by atoms with Crippen molar-refractivity contribution in [2.75, 3.05) is 18.4 Å². The van der Waals surface area contributed by atoms with Crippen LogP contribution in [0.4, 0.5) is 15.8 Å². The number of hydrogen-bond acceptors (Lipinski definition) is 4. The van der Waals surface area contributed by atoms with E-state index in [0.717, 1.165) is 25.9 Å². The maximum atomic E-state index is 13.6. The predicted octanol–water partition coefficient (Wildman–Crippen LogP) is 3.14. The Morgan fingerprint density at radius 2 is 2.35 bits per heavy atom. The molecule has 0 bridgehead atoms. The summed E-state index contributed by atoms with van der Waals surface area (Å²) in [6, 6.07) is 2.54. The predicted molar refractivity (Wildman–Crippen MR) is 84.4 cm³/mol. The first-order chi connectivity index (χ1) is 9.49.